The third-order valence-corrected chi connectivity index (χ3v) is 3.18. The van der Waals surface area contributed by atoms with Crippen LogP contribution in [0.15, 0.2) is 24.3 Å². The summed E-state index contributed by atoms with van der Waals surface area (Å²) >= 11 is 5.79. The van der Waals surface area contributed by atoms with Gasteiger partial charge in [0.2, 0.25) is 5.91 Å². The Bertz CT molecular complexity index is 468. The van der Waals surface area contributed by atoms with E-state index in [1.807, 2.05) is 31.0 Å². The summed E-state index contributed by atoms with van der Waals surface area (Å²) in [6, 6.07) is 6.92. The van der Waals surface area contributed by atoms with Gasteiger partial charge in [0.15, 0.2) is 0 Å². The van der Waals surface area contributed by atoms with Crippen LogP contribution in [0.2, 0.25) is 5.02 Å². The van der Waals surface area contributed by atoms with Crippen LogP contribution in [0.4, 0.5) is 0 Å². The molecule has 108 valence electrons. The molecule has 0 aliphatic rings. The first-order valence-electron chi connectivity index (χ1n) is 6.34. The molecule has 0 fully saturated rings. The molecule has 5 heteroatoms. The fourth-order valence-electron chi connectivity index (χ4n) is 1.52. The maximum atomic E-state index is 11.7. The van der Waals surface area contributed by atoms with Crippen LogP contribution in [-0.4, -0.2) is 43.6 Å². The van der Waals surface area contributed by atoms with E-state index in [0.717, 1.165) is 5.75 Å². The lowest BCUT2D eigenvalue weighted by Crippen LogP contribution is -2.44. The van der Waals surface area contributed by atoms with Crippen LogP contribution in [0.25, 0.3) is 0 Å². The molecule has 0 aliphatic heterocycles. The van der Waals surface area contributed by atoms with Crippen molar-refractivity contribution in [3.63, 3.8) is 0 Å². The molecule has 1 aromatic carbocycles. The predicted octanol–water partition coefficient (Wildman–Crippen LogP) is 1.79. The molecule has 0 saturated carbocycles. The fraction of sp³-hybridized carbons (Fsp3) is 0.400. The molecule has 0 heterocycles. The number of hydrogen-bond donors (Lipinski definition) is 1. The second-order valence-corrected chi connectivity index (χ2v) is 4.82. The summed E-state index contributed by atoms with van der Waals surface area (Å²) < 4.78 is 5.58. The van der Waals surface area contributed by atoms with Gasteiger partial charge in [-0.1, -0.05) is 17.5 Å². The van der Waals surface area contributed by atoms with Crippen molar-refractivity contribution in [3.05, 3.63) is 29.3 Å². The van der Waals surface area contributed by atoms with E-state index in [1.165, 1.54) is 0 Å². The van der Waals surface area contributed by atoms with E-state index < -0.39 is 0 Å². The molecule has 1 rings (SSSR count). The Morgan fingerprint density at radius 3 is 2.75 bits per heavy atom. The van der Waals surface area contributed by atoms with Crippen molar-refractivity contribution in [1.29, 1.82) is 0 Å². The first-order chi connectivity index (χ1) is 9.54. The number of carbonyl (C=O) groups is 1. The molecule has 1 amide bonds. The van der Waals surface area contributed by atoms with Crippen LogP contribution in [0.1, 0.15) is 6.92 Å². The van der Waals surface area contributed by atoms with E-state index in [2.05, 4.69) is 11.2 Å². The van der Waals surface area contributed by atoms with Crippen molar-refractivity contribution < 1.29 is 9.53 Å². The van der Waals surface area contributed by atoms with Gasteiger partial charge in [-0.25, -0.2) is 0 Å². The van der Waals surface area contributed by atoms with E-state index >= 15 is 0 Å². The molecular formula is C15H19ClN2O2. The van der Waals surface area contributed by atoms with Crippen molar-refractivity contribution >= 4 is 17.5 Å². The number of benzene rings is 1. The Labute approximate surface area is 125 Å². The van der Waals surface area contributed by atoms with Gasteiger partial charge in [0.05, 0.1) is 12.6 Å². The zero-order valence-corrected chi connectivity index (χ0v) is 12.5. The quantitative estimate of drug-likeness (QED) is 0.780. The van der Waals surface area contributed by atoms with Gasteiger partial charge < -0.3 is 10.1 Å². The highest BCUT2D eigenvalue weighted by molar-refractivity contribution is 6.30. The number of hydrogen-bond acceptors (Lipinski definition) is 3. The molecule has 1 aromatic rings. The Morgan fingerprint density at radius 1 is 1.50 bits per heavy atom. The van der Waals surface area contributed by atoms with Crippen LogP contribution < -0.4 is 10.1 Å². The van der Waals surface area contributed by atoms with Gasteiger partial charge in [0.1, 0.15) is 12.4 Å². The van der Waals surface area contributed by atoms with E-state index in [-0.39, 0.29) is 18.5 Å². The topological polar surface area (TPSA) is 41.6 Å². The van der Waals surface area contributed by atoms with Gasteiger partial charge in [-0.2, -0.15) is 0 Å². The van der Waals surface area contributed by atoms with Gasteiger partial charge in [0.25, 0.3) is 0 Å². The standard InChI is InChI=1S/C15H19ClN2O2/c1-4-9-17-15(19)12(2)18(3)10-11-20-14-7-5-13(16)6-8-14/h1,5-8,12H,9-11H2,2-3H3,(H,17,19). The van der Waals surface area contributed by atoms with Gasteiger partial charge >= 0.3 is 0 Å². The number of terminal acetylenes is 1. The zero-order chi connectivity index (χ0) is 15.0. The molecular weight excluding hydrogens is 276 g/mol. The summed E-state index contributed by atoms with van der Waals surface area (Å²) in [6.07, 6.45) is 5.10. The lowest BCUT2D eigenvalue weighted by atomic mass is 10.3. The van der Waals surface area contributed by atoms with Gasteiger partial charge in [-0.15, -0.1) is 6.42 Å². The summed E-state index contributed by atoms with van der Waals surface area (Å²) in [7, 11) is 1.87. The minimum absolute atomic E-state index is 0.0862. The largest absolute Gasteiger partial charge is 0.492 e. The van der Waals surface area contributed by atoms with Crippen LogP contribution in [-0.2, 0) is 4.79 Å². The fourth-order valence-corrected chi connectivity index (χ4v) is 1.64. The molecule has 0 radical (unpaired) electrons. The van der Waals surface area contributed by atoms with E-state index in [1.54, 1.807) is 12.1 Å². The second kappa shape index (κ2) is 8.47. The highest BCUT2D eigenvalue weighted by Crippen LogP contribution is 2.15. The van der Waals surface area contributed by atoms with Gasteiger partial charge in [-0.05, 0) is 38.2 Å². The summed E-state index contributed by atoms with van der Waals surface area (Å²) in [5.74, 6) is 3.05. The van der Waals surface area contributed by atoms with Crippen molar-refractivity contribution in [1.82, 2.24) is 10.2 Å². The third kappa shape index (κ3) is 5.52. The molecule has 4 nitrogen and oxygen atoms in total. The van der Waals surface area contributed by atoms with Gasteiger partial charge in [0, 0.05) is 11.6 Å². The number of amides is 1. The van der Waals surface area contributed by atoms with Crippen LogP contribution in [0, 0.1) is 12.3 Å². The minimum Gasteiger partial charge on any atom is -0.492 e. The smallest absolute Gasteiger partial charge is 0.237 e. The lowest BCUT2D eigenvalue weighted by Gasteiger charge is -2.23. The maximum Gasteiger partial charge on any atom is 0.237 e. The summed E-state index contributed by atoms with van der Waals surface area (Å²) in [5.41, 5.74) is 0. The molecule has 0 bridgehead atoms. The highest BCUT2D eigenvalue weighted by atomic mass is 35.5. The first kappa shape index (κ1) is 16.4. The van der Waals surface area contributed by atoms with E-state index in [4.69, 9.17) is 22.8 Å². The average Bonchev–Trinajstić information content (AvgIpc) is 2.45. The van der Waals surface area contributed by atoms with E-state index in [9.17, 15) is 4.79 Å². The molecule has 1 unspecified atom stereocenters. The Morgan fingerprint density at radius 2 is 2.15 bits per heavy atom. The normalized spacial score (nSPS) is 11.8. The van der Waals surface area contributed by atoms with Crippen molar-refractivity contribution in [2.45, 2.75) is 13.0 Å². The number of likely N-dealkylation sites (N-methyl/N-ethyl adjacent to an activating group) is 1. The number of halogens is 1. The van der Waals surface area contributed by atoms with E-state index in [0.29, 0.717) is 18.2 Å². The van der Waals surface area contributed by atoms with Crippen LogP contribution in [0.3, 0.4) is 0 Å². The SMILES string of the molecule is C#CCNC(=O)C(C)N(C)CCOc1ccc(Cl)cc1. The predicted molar refractivity (Wildman–Crippen MR) is 80.9 cm³/mol. The summed E-state index contributed by atoms with van der Waals surface area (Å²) in [5, 5.41) is 3.33. The minimum atomic E-state index is -0.253. The number of ether oxygens (including phenoxy) is 1. The molecule has 0 aromatic heterocycles. The molecule has 1 N–H and O–H groups in total. The Balaban J connectivity index is 2.32. The lowest BCUT2D eigenvalue weighted by molar-refractivity contribution is -0.125. The monoisotopic (exact) mass is 294 g/mol. The molecule has 0 aliphatic carbocycles. The van der Waals surface area contributed by atoms with Crippen molar-refractivity contribution in [3.8, 4) is 18.1 Å². The third-order valence-electron chi connectivity index (χ3n) is 2.93. The van der Waals surface area contributed by atoms with Crippen molar-refractivity contribution in [2.75, 3.05) is 26.7 Å². The molecule has 20 heavy (non-hydrogen) atoms. The summed E-state index contributed by atoms with van der Waals surface area (Å²) in [6.45, 7) is 3.20. The summed E-state index contributed by atoms with van der Waals surface area (Å²) in [4.78, 5) is 13.6. The average molecular weight is 295 g/mol. The van der Waals surface area contributed by atoms with Crippen LogP contribution >= 0.6 is 11.6 Å². The Kier molecular flexibility index (Phi) is 6.92. The molecule has 0 saturated heterocycles. The number of carbonyl (C=O) groups excluding carboxylic acids is 1. The second-order valence-electron chi connectivity index (χ2n) is 4.38. The van der Waals surface area contributed by atoms with Gasteiger partial charge in [-0.3, -0.25) is 9.69 Å². The van der Waals surface area contributed by atoms with Crippen LogP contribution in [0.5, 0.6) is 5.75 Å². The Hall–Kier alpha value is -1.70. The number of nitrogens with zero attached hydrogens (tertiary/aromatic N) is 1. The molecule has 1 atom stereocenters. The molecule has 0 spiro atoms. The number of nitrogens with one attached hydrogen (secondary N) is 1. The maximum absolute atomic E-state index is 11.7. The zero-order valence-electron chi connectivity index (χ0n) is 11.7. The highest BCUT2D eigenvalue weighted by Gasteiger charge is 2.16. The number of rotatable bonds is 7. The first-order valence-corrected chi connectivity index (χ1v) is 6.72. The van der Waals surface area contributed by atoms with Crippen molar-refractivity contribution in [2.24, 2.45) is 0 Å².